The summed E-state index contributed by atoms with van der Waals surface area (Å²) < 4.78 is 0. The number of benzene rings is 1. The fraction of sp³-hybridized carbons (Fsp3) is 0.0909. The van der Waals surface area contributed by atoms with Gasteiger partial charge in [-0.15, -0.1) is 0 Å². The van der Waals surface area contributed by atoms with Gasteiger partial charge >= 0.3 is 5.97 Å². The van der Waals surface area contributed by atoms with Crippen LogP contribution in [0.4, 0.5) is 0 Å². The van der Waals surface area contributed by atoms with Crippen LogP contribution in [0, 0.1) is 0 Å². The number of hydrogen-bond donors (Lipinski definition) is 1. The van der Waals surface area contributed by atoms with E-state index in [4.69, 9.17) is 5.11 Å². The lowest BCUT2D eigenvalue weighted by atomic mass is 10.1. The van der Waals surface area contributed by atoms with Crippen LogP contribution in [0.25, 0.3) is 6.08 Å². The van der Waals surface area contributed by atoms with Gasteiger partial charge in [0.25, 0.3) is 0 Å². The average molecular weight is 190 g/mol. The first-order chi connectivity index (χ1) is 6.59. The molecule has 72 valence electrons. The van der Waals surface area contributed by atoms with E-state index in [0.29, 0.717) is 5.56 Å². The fourth-order valence-electron chi connectivity index (χ4n) is 0.989. The molecule has 0 amide bonds. The number of carbonyl (C=O) groups is 2. The van der Waals surface area contributed by atoms with Crippen molar-refractivity contribution in [1.29, 1.82) is 0 Å². The summed E-state index contributed by atoms with van der Waals surface area (Å²) in [7, 11) is 0. The summed E-state index contributed by atoms with van der Waals surface area (Å²) in [5.74, 6) is -1.03. The molecular formula is C11H10O3. The molecule has 0 atom stereocenters. The van der Waals surface area contributed by atoms with Gasteiger partial charge in [0.1, 0.15) is 0 Å². The summed E-state index contributed by atoms with van der Waals surface area (Å²) in [5.41, 5.74) is 0.927. The number of aromatic carboxylic acids is 1. The fourth-order valence-corrected chi connectivity index (χ4v) is 0.989. The molecule has 0 saturated heterocycles. The molecule has 0 fully saturated rings. The topological polar surface area (TPSA) is 54.4 Å². The van der Waals surface area contributed by atoms with Crippen LogP contribution >= 0.6 is 0 Å². The number of rotatable bonds is 3. The summed E-state index contributed by atoms with van der Waals surface area (Å²) in [4.78, 5) is 21.2. The standard InChI is InChI=1S/C11H10O3/c1-8(12)5-6-9-3-2-4-10(7-9)11(13)14/h2-7H,1H3,(H,13,14)/b6-5+. The lowest BCUT2D eigenvalue weighted by Crippen LogP contribution is -1.95. The lowest BCUT2D eigenvalue weighted by molar-refractivity contribution is -0.112. The van der Waals surface area contributed by atoms with Gasteiger partial charge in [0, 0.05) is 0 Å². The Balaban J connectivity index is 2.94. The van der Waals surface area contributed by atoms with Gasteiger partial charge in [0.05, 0.1) is 5.56 Å². The van der Waals surface area contributed by atoms with E-state index in [0.717, 1.165) is 0 Å². The number of carboxylic acids is 1. The van der Waals surface area contributed by atoms with E-state index in [1.807, 2.05) is 0 Å². The van der Waals surface area contributed by atoms with Crippen LogP contribution < -0.4 is 0 Å². The van der Waals surface area contributed by atoms with Gasteiger partial charge in [0.2, 0.25) is 0 Å². The van der Waals surface area contributed by atoms with Crippen LogP contribution in [-0.2, 0) is 4.79 Å². The first kappa shape index (κ1) is 10.2. The normalized spacial score (nSPS) is 10.4. The van der Waals surface area contributed by atoms with Gasteiger partial charge in [-0.1, -0.05) is 18.2 Å². The maximum atomic E-state index is 10.6. The van der Waals surface area contributed by atoms with Crippen molar-refractivity contribution < 1.29 is 14.7 Å². The third kappa shape index (κ3) is 2.86. The second-order valence-electron chi connectivity index (χ2n) is 2.87. The Bertz CT molecular complexity index is 391. The second-order valence-corrected chi connectivity index (χ2v) is 2.87. The molecule has 0 bridgehead atoms. The van der Waals surface area contributed by atoms with Gasteiger partial charge in [0.15, 0.2) is 5.78 Å². The largest absolute Gasteiger partial charge is 0.478 e. The summed E-state index contributed by atoms with van der Waals surface area (Å²) in [5, 5.41) is 8.70. The smallest absolute Gasteiger partial charge is 0.335 e. The van der Waals surface area contributed by atoms with Crippen molar-refractivity contribution in [1.82, 2.24) is 0 Å². The first-order valence-electron chi connectivity index (χ1n) is 4.11. The van der Waals surface area contributed by atoms with Crippen molar-refractivity contribution >= 4 is 17.8 Å². The Labute approximate surface area is 81.7 Å². The van der Waals surface area contributed by atoms with Crippen molar-refractivity contribution in [3.05, 3.63) is 41.5 Å². The number of hydrogen-bond acceptors (Lipinski definition) is 2. The van der Waals surface area contributed by atoms with Gasteiger partial charge in [-0.25, -0.2) is 4.79 Å². The lowest BCUT2D eigenvalue weighted by Gasteiger charge is -1.95. The van der Waals surface area contributed by atoms with Crippen LogP contribution in [0.5, 0.6) is 0 Å². The molecule has 0 saturated carbocycles. The molecule has 1 aromatic carbocycles. The van der Waals surface area contributed by atoms with Crippen molar-refractivity contribution in [3.8, 4) is 0 Å². The molecule has 0 aromatic heterocycles. The third-order valence-corrected chi connectivity index (χ3v) is 1.64. The van der Waals surface area contributed by atoms with Gasteiger partial charge in [-0.05, 0) is 30.7 Å². The molecule has 1 N–H and O–H groups in total. The molecule has 0 radical (unpaired) electrons. The van der Waals surface area contributed by atoms with E-state index in [2.05, 4.69) is 0 Å². The molecular weight excluding hydrogens is 180 g/mol. The molecule has 0 aliphatic carbocycles. The zero-order chi connectivity index (χ0) is 10.6. The minimum Gasteiger partial charge on any atom is -0.478 e. The molecule has 0 spiro atoms. The van der Waals surface area contributed by atoms with Gasteiger partial charge in [-0.2, -0.15) is 0 Å². The summed E-state index contributed by atoms with van der Waals surface area (Å²) >= 11 is 0. The molecule has 1 aromatic rings. The Hall–Kier alpha value is -1.90. The SMILES string of the molecule is CC(=O)/C=C/c1cccc(C(=O)O)c1. The summed E-state index contributed by atoms with van der Waals surface area (Å²) in [6.45, 7) is 1.44. The molecule has 3 heteroatoms. The molecule has 0 unspecified atom stereocenters. The van der Waals surface area contributed by atoms with Crippen molar-refractivity contribution in [2.45, 2.75) is 6.92 Å². The van der Waals surface area contributed by atoms with Crippen LogP contribution in [0.15, 0.2) is 30.3 Å². The van der Waals surface area contributed by atoms with Crippen LogP contribution in [0.2, 0.25) is 0 Å². The number of carboxylic acid groups (broad SMARTS) is 1. The maximum absolute atomic E-state index is 10.6. The number of carbonyl (C=O) groups excluding carboxylic acids is 1. The quantitative estimate of drug-likeness (QED) is 0.741. The van der Waals surface area contributed by atoms with E-state index in [9.17, 15) is 9.59 Å². The highest BCUT2D eigenvalue weighted by atomic mass is 16.4. The van der Waals surface area contributed by atoms with E-state index < -0.39 is 5.97 Å². The molecule has 0 aliphatic heterocycles. The number of ketones is 1. The van der Waals surface area contributed by atoms with Crippen LogP contribution in [0.1, 0.15) is 22.8 Å². The minimum atomic E-state index is -0.969. The third-order valence-electron chi connectivity index (χ3n) is 1.64. The Morgan fingerprint density at radius 2 is 2.07 bits per heavy atom. The van der Waals surface area contributed by atoms with Crippen LogP contribution in [-0.4, -0.2) is 16.9 Å². The summed E-state index contributed by atoms with van der Waals surface area (Å²) in [6.07, 6.45) is 3.00. The highest BCUT2D eigenvalue weighted by Crippen LogP contribution is 2.06. The van der Waals surface area contributed by atoms with Crippen molar-refractivity contribution in [3.63, 3.8) is 0 Å². The van der Waals surface area contributed by atoms with E-state index in [1.165, 1.54) is 25.1 Å². The van der Waals surface area contributed by atoms with E-state index in [1.54, 1.807) is 18.2 Å². The zero-order valence-electron chi connectivity index (χ0n) is 7.73. The predicted molar refractivity (Wildman–Crippen MR) is 53.1 cm³/mol. The monoisotopic (exact) mass is 190 g/mol. The Morgan fingerprint density at radius 1 is 1.36 bits per heavy atom. The Morgan fingerprint density at radius 3 is 2.64 bits per heavy atom. The Kier molecular flexibility index (Phi) is 3.18. The molecule has 14 heavy (non-hydrogen) atoms. The highest BCUT2D eigenvalue weighted by Gasteiger charge is 2.00. The molecule has 0 aliphatic rings. The van der Waals surface area contributed by atoms with Crippen LogP contribution in [0.3, 0.4) is 0 Å². The van der Waals surface area contributed by atoms with Gasteiger partial charge in [-0.3, -0.25) is 4.79 Å². The van der Waals surface area contributed by atoms with E-state index >= 15 is 0 Å². The first-order valence-corrected chi connectivity index (χ1v) is 4.11. The predicted octanol–water partition coefficient (Wildman–Crippen LogP) is 1.99. The highest BCUT2D eigenvalue weighted by molar-refractivity contribution is 5.92. The number of allylic oxidation sites excluding steroid dienone is 1. The molecule has 0 heterocycles. The summed E-state index contributed by atoms with van der Waals surface area (Å²) in [6, 6.07) is 6.41. The van der Waals surface area contributed by atoms with Crippen molar-refractivity contribution in [2.24, 2.45) is 0 Å². The minimum absolute atomic E-state index is 0.0641. The zero-order valence-corrected chi connectivity index (χ0v) is 7.73. The van der Waals surface area contributed by atoms with Crippen molar-refractivity contribution in [2.75, 3.05) is 0 Å². The van der Waals surface area contributed by atoms with Gasteiger partial charge < -0.3 is 5.11 Å². The average Bonchev–Trinajstić information content (AvgIpc) is 2.15. The molecule has 1 rings (SSSR count). The van der Waals surface area contributed by atoms with E-state index in [-0.39, 0.29) is 11.3 Å². The molecule has 3 nitrogen and oxygen atoms in total. The maximum Gasteiger partial charge on any atom is 0.335 e. The second kappa shape index (κ2) is 4.37.